The van der Waals surface area contributed by atoms with Crippen LogP contribution in [-0.4, -0.2) is 21.2 Å². The van der Waals surface area contributed by atoms with Gasteiger partial charge in [-0.05, 0) is 12.1 Å². The maximum atomic E-state index is 10.8. The fourth-order valence-electron chi connectivity index (χ4n) is 1.34. The minimum atomic E-state index is -1.17. The van der Waals surface area contributed by atoms with Crippen molar-refractivity contribution in [3.05, 3.63) is 46.2 Å². The lowest BCUT2D eigenvalue weighted by Crippen LogP contribution is -1.96. The molecular weight excluding hydrogens is 228 g/mol. The highest BCUT2D eigenvalue weighted by Gasteiger charge is 2.17. The van der Waals surface area contributed by atoms with Gasteiger partial charge in [0.1, 0.15) is 17.5 Å². The minimum Gasteiger partial charge on any atom is -0.477 e. The van der Waals surface area contributed by atoms with Crippen LogP contribution in [0.15, 0.2) is 35.1 Å². The molecule has 0 fully saturated rings. The Morgan fingerprint density at radius 1 is 1.35 bits per heavy atom. The third-order valence-electron chi connectivity index (χ3n) is 2.15. The molecule has 0 amide bonds. The molecule has 0 radical (unpaired) electrons. The van der Waals surface area contributed by atoms with E-state index in [-0.39, 0.29) is 16.9 Å². The molecule has 0 atom stereocenters. The van der Waals surface area contributed by atoms with E-state index in [0.29, 0.717) is 5.56 Å². The van der Waals surface area contributed by atoms with Crippen LogP contribution < -0.4 is 0 Å². The number of aromatic carboxylic acids is 1. The van der Waals surface area contributed by atoms with Gasteiger partial charge < -0.3 is 9.63 Å². The molecule has 1 heterocycles. The molecule has 2 aromatic rings. The molecule has 7 nitrogen and oxygen atoms in total. The summed E-state index contributed by atoms with van der Waals surface area (Å²) in [5.74, 6) is -1.17. The summed E-state index contributed by atoms with van der Waals surface area (Å²) < 4.78 is 4.57. The predicted molar refractivity (Wildman–Crippen MR) is 55.6 cm³/mol. The van der Waals surface area contributed by atoms with E-state index in [9.17, 15) is 14.9 Å². The molecule has 17 heavy (non-hydrogen) atoms. The van der Waals surface area contributed by atoms with Gasteiger partial charge in [-0.1, -0.05) is 5.16 Å². The van der Waals surface area contributed by atoms with Crippen molar-refractivity contribution >= 4 is 11.7 Å². The standard InChI is InChI=1S/C10H6N2O5/c13-10(14)8-5-17-11-9(8)6-1-3-7(4-2-6)12(15)16/h1-5H,(H,13,14). The zero-order valence-electron chi connectivity index (χ0n) is 8.36. The zero-order chi connectivity index (χ0) is 12.4. The summed E-state index contributed by atoms with van der Waals surface area (Å²) in [6.45, 7) is 0. The number of nitrogens with zero attached hydrogens (tertiary/aromatic N) is 2. The van der Waals surface area contributed by atoms with Crippen molar-refractivity contribution in [1.29, 1.82) is 0 Å². The average Bonchev–Trinajstić information content (AvgIpc) is 2.78. The van der Waals surface area contributed by atoms with E-state index in [2.05, 4.69) is 9.68 Å². The molecule has 0 aliphatic carbocycles. The van der Waals surface area contributed by atoms with E-state index in [1.807, 2.05) is 0 Å². The summed E-state index contributed by atoms with van der Waals surface area (Å²) in [5, 5.41) is 22.9. The second-order valence-electron chi connectivity index (χ2n) is 3.19. The third kappa shape index (κ3) is 1.98. The highest BCUT2D eigenvalue weighted by atomic mass is 16.6. The monoisotopic (exact) mass is 234 g/mol. The summed E-state index contributed by atoms with van der Waals surface area (Å²) in [5.41, 5.74) is 0.433. The lowest BCUT2D eigenvalue weighted by Gasteiger charge is -1.97. The Morgan fingerprint density at radius 3 is 2.53 bits per heavy atom. The Morgan fingerprint density at radius 2 is 2.00 bits per heavy atom. The normalized spacial score (nSPS) is 10.1. The highest BCUT2D eigenvalue weighted by molar-refractivity contribution is 5.94. The van der Waals surface area contributed by atoms with Gasteiger partial charge in [0.2, 0.25) is 0 Å². The van der Waals surface area contributed by atoms with E-state index in [1.54, 1.807) is 0 Å². The van der Waals surface area contributed by atoms with Gasteiger partial charge in [0, 0.05) is 17.7 Å². The van der Waals surface area contributed by atoms with E-state index in [4.69, 9.17) is 5.11 Å². The maximum Gasteiger partial charge on any atom is 0.341 e. The molecule has 1 aromatic heterocycles. The Labute approximate surface area is 94.4 Å². The van der Waals surface area contributed by atoms with Crippen molar-refractivity contribution in [3.63, 3.8) is 0 Å². The second-order valence-corrected chi connectivity index (χ2v) is 3.19. The smallest absolute Gasteiger partial charge is 0.341 e. The van der Waals surface area contributed by atoms with Gasteiger partial charge in [-0.15, -0.1) is 0 Å². The summed E-state index contributed by atoms with van der Waals surface area (Å²) in [7, 11) is 0. The van der Waals surface area contributed by atoms with Crippen molar-refractivity contribution in [2.75, 3.05) is 0 Å². The molecule has 0 unspecified atom stereocenters. The van der Waals surface area contributed by atoms with Gasteiger partial charge in [-0.3, -0.25) is 10.1 Å². The van der Waals surface area contributed by atoms with Crippen molar-refractivity contribution < 1.29 is 19.3 Å². The van der Waals surface area contributed by atoms with Crippen molar-refractivity contribution in [1.82, 2.24) is 5.16 Å². The number of benzene rings is 1. The topological polar surface area (TPSA) is 106 Å². The van der Waals surface area contributed by atoms with Gasteiger partial charge in [0.25, 0.3) is 5.69 Å². The number of aromatic nitrogens is 1. The molecule has 1 N–H and O–H groups in total. The number of non-ortho nitro benzene ring substituents is 1. The van der Waals surface area contributed by atoms with Crippen molar-refractivity contribution in [2.45, 2.75) is 0 Å². The molecule has 0 bridgehead atoms. The first-order valence-corrected chi connectivity index (χ1v) is 4.52. The molecule has 0 aliphatic rings. The molecule has 1 aromatic carbocycles. The summed E-state index contributed by atoms with van der Waals surface area (Å²) in [6.07, 6.45) is 1.01. The largest absolute Gasteiger partial charge is 0.477 e. The summed E-state index contributed by atoms with van der Waals surface area (Å²) in [6, 6.07) is 5.39. The number of rotatable bonds is 3. The fraction of sp³-hybridized carbons (Fsp3) is 0. The van der Waals surface area contributed by atoms with Crippen LogP contribution in [0.1, 0.15) is 10.4 Å². The maximum absolute atomic E-state index is 10.8. The van der Waals surface area contributed by atoms with Gasteiger partial charge in [0.05, 0.1) is 4.92 Å². The van der Waals surface area contributed by atoms with Crippen LogP contribution in [0.2, 0.25) is 0 Å². The fourth-order valence-corrected chi connectivity index (χ4v) is 1.34. The SMILES string of the molecule is O=C(O)c1conc1-c1ccc([N+](=O)[O-])cc1. The number of hydrogen-bond acceptors (Lipinski definition) is 5. The number of nitro benzene ring substituents is 1. The van der Waals surface area contributed by atoms with Crippen LogP contribution >= 0.6 is 0 Å². The Kier molecular flexibility index (Phi) is 2.57. The van der Waals surface area contributed by atoms with Crippen molar-refractivity contribution in [3.8, 4) is 11.3 Å². The van der Waals surface area contributed by atoms with Crippen LogP contribution in [0.4, 0.5) is 5.69 Å². The molecule has 7 heteroatoms. The van der Waals surface area contributed by atoms with Crippen LogP contribution in [0.25, 0.3) is 11.3 Å². The Bertz CT molecular complexity index is 573. The number of carbonyl (C=O) groups is 1. The number of carboxylic acids is 1. The molecule has 0 saturated carbocycles. The quantitative estimate of drug-likeness (QED) is 0.642. The Balaban J connectivity index is 2.43. The molecule has 0 aliphatic heterocycles. The number of nitro groups is 1. The zero-order valence-corrected chi connectivity index (χ0v) is 8.36. The van der Waals surface area contributed by atoms with Gasteiger partial charge in [-0.2, -0.15) is 0 Å². The first kappa shape index (κ1) is 10.8. The van der Waals surface area contributed by atoms with E-state index < -0.39 is 10.9 Å². The summed E-state index contributed by atoms with van der Waals surface area (Å²) >= 11 is 0. The third-order valence-corrected chi connectivity index (χ3v) is 2.15. The first-order valence-electron chi connectivity index (χ1n) is 4.52. The van der Waals surface area contributed by atoms with Gasteiger partial charge in [-0.25, -0.2) is 4.79 Å². The molecule has 2 rings (SSSR count). The number of hydrogen-bond donors (Lipinski definition) is 1. The lowest BCUT2D eigenvalue weighted by atomic mass is 10.1. The van der Waals surface area contributed by atoms with Crippen LogP contribution in [-0.2, 0) is 0 Å². The van der Waals surface area contributed by atoms with Crippen LogP contribution in [0.3, 0.4) is 0 Å². The van der Waals surface area contributed by atoms with Crippen LogP contribution in [0, 0.1) is 10.1 Å². The molecule has 0 spiro atoms. The van der Waals surface area contributed by atoms with Gasteiger partial charge in [0.15, 0.2) is 0 Å². The predicted octanol–water partition coefficient (Wildman–Crippen LogP) is 1.95. The van der Waals surface area contributed by atoms with Gasteiger partial charge >= 0.3 is 5.97 Å². The van der Waals surface area contributed by atoms with E-state index in [0.717, 1.165) is 6.26 Å². The highest BCUT2D eigenvalue weighted by Crippen LogP contribution is 2.24. The molecule has 0 saturated heterocycles. The molecule has 86 valence electrons. The van der Waals surface area contributed by atoms with Crippen LogP contribution in [0.5, 0.6) is 0 Å². The minimum absolute atomic E-state index is 0.0749. The lowest BCUT2D eigenvalue weighted by molar-refractivity contribution is -0.384. The van der Waals surface area contributed by atoms with E-state index >= 15 is 0 Å². The average molecular weight is 234 g/mol. The summed E-state index contributed by atoms with van der Waals surface area (Å²) in [4.78, 5) is 20.7. The number of carboxylic acid groups (broad SMARTS) is 1. The Hall–Kier alpha value is -2.70. The first-order chi connectivity index (χ1) is 8.09. The second kappa shape index (κ2) is 4.05. The van der Waals surface area contributed by atoms with E-state index in [1.165, 1.54) is 24.3 Å². The van der Waals surface area contributed by atoms with Crippen molar-refractivity contribution in [2.24, 2.45) is 0 Å². The molecular formula is C10H6N2O5.